The van der Waals surface area contributed by atoms with Crippen molar-refractivity contribution in [1.82, 2.24) is 15.0 Å². The number of ether oxygens (including phenoxy) is 1. The average Bonchev–Trinajstić information content (AvgIpc) is 3.36. The Kier molecular flexibility index (Phi) is 8.31. The largest absolute Gasteiger partial charge is 0.457 e. The third-order valence-electron chi connectivity index (χ3n) is 6.62. The van der Waals surface area contributed by atoms with Gasteiger partial charge in [-0.05, 0) is 85.3 Å². The second kappa shape index (κ2) is 12.4. The number of carbonyl (C=O) groups excluding carboxylic acids is 1. The summed E-state index contributed by atoms with van der Waals surface area (Å²) in [6.45, 7) is 0. The van der Waals surface area contributed by atoms with Gasteiger partial charge in [0.05, 0.1) is 23.0 Å². The third-order valence-corrected chi connectivity index (χ3v) is 9.27. The summed E-state index contributed by atoms with van der Waals surface area (Å²) in [4.78, 5) is 33.5. The molecule has 6 rings (SSSR count). The minimum atomic E-state index is -0.301. The van der Waals surface area contributed by atoms with Crippen molar-refractivity contribution in [1.29, 1.82) is 0 Å². The van der Waals surface area contributed by atoms with Gasteiger partial charge in [-0.15, -0.1) is 11.3 Å². The second-order valence-electron chi connectivity index (χ2n) is 9.47. The number of amides is 1. The first kappa shape index (κ1) is 27.4. The van der Waals surface area contributed by atoms with Gasteiger partial charge in [0, 0.05) is 9.35 Å². The van der Waals surface area contributed by atoms with Crippen LogP contribution in [0.2, 0.25) is 0 Å². The van der Waals surface area contributed by atoms with Crippen LogP contribution in [0.5, 0.6) is 11.5 Å². The Morgan fingerprint density at radius 1 is 1.05 bits per heavy atom. The predicted molar refractivity (Wildman–Crippen MR) is 169 cm³/mol. The number of benzene rings is 3. The Hall–Kier alpha value is -3.73. The van der Waals surface area contributed by atoms with Gasteiger partial charge in [0.1, 0.15) is 16.3 Å². The van der Waals surface area contributed by atoms with Gasteiger partial charge in [-0.3, -0.25) is 14.2 Å². The molecule has 0 bridgehead atoms. The monoisotopic (exact) mass is 644 g/mol. The van der Waals surface area contributed by atoms with E-state index in [1.165, 1.54) is 16.6 Å². The van der Waals surface area contributed by atoms with Crippen molar-refractivity contribution >= 4 is 61.4 Å². The van der Waals surface area contributed by atoms with E-state index in [1.54, 1.807) is 22.1 Å². The molecule has 0 spiro atoms. The van der Waals surface area contributed by atoms with Gasteiger partial charge in [0.25, 0.3) is 11.5 Å². The van der Waals surface area contributed by atoms with E-state index in [1.807, 2.05) is 78.9 Å². The molecule has 5 aromatic rings. The summed E-state index contributed by atoms with van der Waals surface area (Å²) < 4.78 is 8.40. The summed E-state index contributed by atoms with van der Waals surface area (Å²) in [5.74, 6) is 1.16. The molecule has 0 saturated carbocycles. The van der Waals surface area contributed by atoms with Crippen LogP contribution in [0.4, 0.5) is 0 Å². The normalized spacial score (nSPS) is 12.9. The number of thioether (sulfide) groups is 1. The lowest BCUT2D eigenvalue weighted by molar-refractivity contribution is -0.118. The van der Waals surface area contributed by atoms with Gasteiger partial charge >= 0.3 is 0 Å². The number of hydrogen-bond acceptors (Lipinski definition) is 7. The summed E-state index contributed by atoms with van der Waals surface area (Å²) in [7, 11) is 0. The van der Waals surface area contributed by atoms with Crippen molar-refractivity contribution in [2.24, 2.45) is 5.10 Å². The van der Waals surface area contributed by atoms with Crippen LogP contribution in [0.1, 0.15) is 28.8 Å². The van der Waals surface area contributed by atoms with Gasteiger partial charge in [0.2, 0.25) is 0 Å². The van der Waals surface area contributed by atoms with Gasteiger partial charge in [-0.2, -0.15) is 5.10 Å². The minimum absolute atomic E-state index is 0.0497. The number of hydrazone groups is 1. The van der Waals surface area contributed by atoms with Crippen LogP contribution < -0.4 is 15.7 Å². The number of para-hydroxylation sites is 1. The molecule has 0 aliphatic heterocycles. The van der Waals surface area contributed by atoms with Gasteiger partial charge in [0.15, 0.2) is 5.16 Å². The Balaban J connectivity index is 1.19. The molecule has 2 heterocycles. The van der Waals surface area contributed by atoms with E-state index >= 15 is 0 Å². The Labute approximate surface area is 253 Å². The number of halogens is 1. The SMILES string of the molecule is O=C(CSc1nc2sc3c(c2c(=O)n1-c1ccc(Br)cc1)CCCC3)NN=Cc1cccc(Oc2ccccc2)c1. The van der Waals surface area contributed by atoms with E-state index in [2.05, 4.69) is 26.5 Å². The molecule has 7 nitrogen and oxygen atoms in total. The van der Waals surface area contributed by atoms with Gasteiger partial charge in [-0.25, -0.2) is 10.4 Å². The molecule has 1 aliphatic carbocycles. The summed E-state index contributed by atoms with van der Waals surface area (Å²) in [5, 5.41) is 5.31. The molecule has 1 N–H and O–H groups in total. The molecule has 0 unspecified atom stereocenters. The lowest BCUT2D eigenvalue weighted by Crippen LogP contribution is -2.24. The zero-order valence-electron chi connectivity index (χ0n) is 21.9. The number of nitrogens with one attached hydrogen (secondary N) is 1. The maximum absolute atomic E-state index is 13.9. The van der Waals surface area contributed by atoms with Crippen LogP contribution in [-0.4, -0.2) is 27.4 Å². The smallest absolute Gasteiger partial charge is 0.267 e. The standard InChI is InChI=1S/C31H25BrN4O3S2/c32-21-13-15-22(16-14-21)36-30(38)28-25-11-4-5-12-26(25)41-29(28)34-31(36)40-19-27(37)35-33-18-20-7-6-10-24(17-20)39-23-8-2-1-3-9-23/h1-3,6-10,13-18H,4-5,11-12,19H2,(H,35,37). The van der Waals surface area contributed by atoms with Crippen LogP contribution >= 0.6 is 39.0 Å². The average molecular weight is 646 g/mol. The first-order valence-electron chi connectivity index (χ1n) is 13.2. The number of nitrogens with zero attached hydrogens (tertiary/aromatic N) is 3. The molecular formula is C31H25BrN4O3S2. The molecule has 206 valence electrons. The van der Waals surface area contributed by atoms with Crippen LogP contribution in [0.25, 0.3) is 15.9 Å². The molecule has 41 heavy (non-hydrogen) atoms. The van der Waals surface area contributed by atoms with E-state index in [9.17, 15) is 9.59 Å². The molecule has 3 aromatic carbocycles. The lowest BCUT2D eigenvalue weighted by atomic mass is 9.97. The quantitative estimate of drug-likeness (QED) is 0.0841. The van der Waals surface area contributed by atoms with Crippen molar-refractivity contribution in [2.45, 2.75) is 30.8 Å². The highest BCUT2D eigenvalue weighted by atomic mass is 79.9. The zero-order valence-corrected chi connectivity index (χ0v) is 25.1. The van der Waals surface area contributed by atoms with Crippen molar-refractivity contribution < 1.29 is 9.53 Å². The van der Waals surface area contributed by atoms with Crippen LogP contribution in [0.3, 0.4) is 0 Å². The maximum Gasteiger partial charge on any atom is 0.267 e. The van der Waals surface area contributed by atoms with Gasteiger partial charge in [-0.1, -0.05) is 58.0 Å². The molecule has 0 atom stereocenters. The van der Waals surface area contributed by atoms with E-state index < -0.39 is 0 Å². The lowest BCUT2D eigenvalue weighted by Gasteiger charge is -2.13. The fourth-order valence-corrected chi connectivity index (χ4v) is 7.10. The highest BCUT2D eigenvalue weighted by molar-refractivity contribution is 9.10. The first-order valence-corrected chi connectivity index (χ1v) is 15.8. The van der Waals surface area contributed by atoms with Crippen LogP contribution in [0.15, 0.2) is 98.4 Å². The second-order valence-corrected chi connectivity index (χ2v) is 12.4. The number of rotatable bonds is 8. The van der Waals surface area contributed by atoms with Crippen LogP contribution in [-0.2, 0) is 17.6 Å². The number of aromatic nitrogens is 2. The summed E-state index contributed by atoms with van der Waals surface area (Å²) in [6.07, 6.45) is 5.67. The Morgan fingerprint density at radius 3 is 2.66 bits per heavy atom. The first-order chi connectivity index (χ1) is 20.0. The van der Waals surface area contributed by atoms with Crippen molar-refractivity contribution in [3.63, 3.8) is 0 Å². The highest BCUT2D eigenvalue weighted by Crippen LogP contribution is 2.35. The van der Waals surface area contributed by atoms with Crippen molar-refractivity contribution in [2.75, 3.05) is 5.75 Å². The molecule has 2 aromatic heterocycles. The third kappa shape index (κ3) is 6.29. The van der Waals surface area contributed by atoms with E-state index in [0.717, 1.165) is 51.9 Å². The molecule has 0 fully saturated rings. The van der Waals surface area contributed by atoms with E-state index in [0.29, 0.717) is 22.0 Å². The minimum Gasteiger partial charge on any atom is -0.457 e. The zero-order chi connectivity index (χ0) is 28.2. The number of carbonyl (C=O) groups is 1. The fraction of sp³-hybridized carbons (Fsp3) is 0.161. The van der Waals surface area contributed by atoms with Crippen LogP contribution in [0, 0.1) is 0 Å². The van der Waals surface area contributed by atoms with E-state index in [-0.39, 0.29) is 17.2 Å². The van der Waals surface area contributed by atoms with Gasteiger partial charge < -0.3 is 4.74 Å². The highest BCUT2D eigenvalue weighted by Gasteiger charge is 2.23. The topological polar surface area (TPSA) is 85.6 Å². The number of fused-ring (bicyclic) bond motifs is 3. The molecule has 0 saturated heterocycles. The number of hydrogen-bond donors (Lipinski definition) is 1. The summed E-state index contributed by atoms with van der Waals surface area (Å²) >= 11 is 6.29. The molecular weight excluding hydrogens is 620 g/mol. The van der Waals surface area contributed by atoms with Crippen molar-refractivity contribution in [3.05, 3.63) is 110 Å². The maximum atomic E-state index is 13.9. The Bertz CT molecular complexity index is 1800. The predicted octanol–water partition coefficient (Wildman–Crippen LogP) is 7.12. The fourth-order valence-electron chi connectivity index (χ4n) is 4.73. The number of aryl methyl sites for hydroxylation is 2. The molecule has 1 aliphatic rings. The Morgan fingerprint density at radius 2 is 1.83 bits per heavy atom. The summed E-state index contributed by atoms with van der Waals surface area (Å²) in [5.41, 5.74) is 5.12. The molecule has 1 amide bonds. The van der Waals surface area contributed by atoms with Crippen molar-refractivity contribution in [3.8, 4) is 17.2 Å². The molecule has 10 heteroatoms. The van der Waals surface area contributed by atoms with E-state index in [4.69, 9.17) is 9.72 Å². The number of thiophene rings is 1. The molecule has 0 radical (unpaired) electrons. The summed E-state index contributed by atoms with van der Waals surface area (Å²) in [6, 6.07) is 24.5.